The van der Waals surface area contributed by atoms with Crippen LogP contribution in [-0.2, 0) is 0 Å². The van der Waals surface area contributed by atoms with Gasteiger partial charge < -0.3 is 0 Å². The second-order valence-corrected chi connectivity index (χ2v) is 7.20. The second kappa shape index (κ2) is 4.76. The third-order valence-electron chi connectivity index (χ3n) is 5.94. The van der Waals surface area contributed by atoms with Gasteiger partial charge in [-0.15, -0.1) is 0 Å². The van der Waals surface area contributed by atoms with Crippen LogP contribution in [0.4, 0.5) is 0 Å². The molecule has 0 aromatic rings. The molecule has 0 saturated heterocycles. The fourth-order valence-corrected chi connectivity index (χ4v) is 4.95. The minimum Gasteiger partial charge on any atom is -0.0654 e. The van der Waals surface area contributed by atoms with Crippen LogP contribution in [0.2, 0.25) is 0 Å². The molecule has 0 aromatic carbocycles. The fourth-order valence-electron chi connectivity index (χ4n) is 4.95. The van der Waals surface area contributed by atoms with Crippen molar-refractivity contribution < 1.29 is 0 Å². The van der Waals surface area contributed by atoms with Gasteiger partial charge in [-0.05, 0) is 111 Å². The minimum absolute atomic E-state index is 1.27. The lowest BCUT2D eigenvalue weighted by Gasteiger charge is -2.21. The fraction of sp³-hybridized carbons (Fsp3) is 0.600. The van der Waals surface area contributed by atoms with E-state index in [0.29, 0.717) is 0 Å². The minimum atomic E-state index is 1.27. The highest BCUT2D eigenvalue weighted by Gasteiger charge is 2.31. The molecule has 20 heavy (non-hydrogen) atoms. The lowest BCUT2D eigenvalue weighted by atomic mass is 9.84. The van der Waals surface area contributed by atoms with E-state index in [0.717, 1.165) is 0 Å². The van der Waals surface area contributed by atoms with Gasteiger partial charge in [-0.3, -0.25) is 0 Å². The van der Waals surface area contributed by atoms with E-state index in [2.05, 4.69) is 13.8 Å². The summed E-state index contributed by atoms with van der Waals surface area (Å²) in [5.74, 6) is 0. The van der Waals surface area contributed by atoms with Crippen molar-refractivity contribution in [1.29, 1.82) is 0 Å². The Balaban J connectivity index is 1.76. The zero-order valence-electron chi connectivity index (χ0n) is 13.1. The number of rotatable bonds is 1. The molecule has 0 unspecified atom stereocenters. The Kier molecular flexibility index (Phi) is 3.02. The Morgan fingerprint density at radius 3 is 1.20 bits per heavy atom. The van der Waals surface area contributed by atoms with E-state index in [1.165, 1.54) is 64.2 Å². The number of hydrogen-bond acceptors (Lipinski definition) is 0. The zero-order chi connectivity index (χ0) is 13.7. The maximum Gasteiger partial charge on any atom is -0.00582 e. The maximum absolute atomic E-state index is 2.38. The molecular formula is C20H26. The van der Waals surface area contributed by atoms with Crippen LogP contribution in [0.1, 0.15) is 78.1 Å². The Morgan fingerprint density at radius 1 is 0.450 bits per heavy atom. The number of fused-ring (bicyclic) bond motifs is 2. The summed E-state index contributed by atoms with van der Waals surface area (Å²) in [5.41, 5.74) is 14.0. The van der Waals surface area contributed by atoms with Gasteiger partial charge in [0.25, 0.3) is 0 Å². The molecule has 0 aliphatic heterocycles. The van der Waals surface area contributed by atoms with Gasteiger partial charge >= 0.3 is 0 Å². The molecule has 0 heterocycles. The number of allylic oxidation sites excluding steroid dienone is 8. The molecule has 2 fully saturated rings. The van der Waals surface area contributed by atoms with Crippen molar-refractivity contribution in [2.45, 2.75) is 78.1 Å². The standard InChI is InChI=1S/C20H26/c1-13-11-19(17-9-5-3-7-15(13)17)20-12-14(2)16-8-4-6-10-18(16)20/h3-12H2,1-2H3. The van der Waals surface area contributed by atoms with E-state index < -0.39 is 0 Å². The molecule has 0 bridgehead atoms. The van der Waals surface area contributed by atoms with Crippen LogP contribution in [0.25, 0.3) is 0 Å². The average Bonchev–Trinajstić information content (AvgIpc) is 2.99. The molecule has 4 aliphatic carbocycles. The summed E-state index contributed by atoms with van der Waals surface area (Å²) in [7, 11) is 0. The Hall–Kier alpha value is -1.04. The van der Waals surface area contributed by atoms with Gasteiger partial charge in [0.05, 0.1) is 0 Å². The number of hydrogen-bond donors (Lipinski definition) is 0. The molecule has 4 aliphatic rings. The van der Waals surface area contributed by atoms with Gasteiger partial charge in [0.1, 0.15) is 0 Å². The van der Waals surface area contributed by atoms with Gasteiger partial charge in [-0.1, -0.05) is 11.1 Å². The van der Waals surface area contributed by atoms with E-state index in [9.17, 15) is 0 Å². The second-order valence-electron chi connectivity index (χ2n) is 7.20. The summed E-state index contributed by atoms with van der Waals surface area (Å²) in [6, 6.07) is 0. The Morgan fingerprint density at radius 2 is 0.800 bits per heavy atom. The van der Waals surface area contributed by atoms with Crippen molar-refractivity contribution in [3.63, 3.8) is 0 Å². The van der Waals surface area contributed by atoms with Crippen LogP contribution in [0.5, 0.6) is 0 Å². The topological polar surface area (TPSA) is 0 Å². The van der Waals surface area contributed by atoms with Crippen LogP contribution < -0.4 is 0 Å². The van der Waals surface area contributed by atoms with Gasteiger partial charge in [-0.2, -0.15) is 0 Å². The average molecular weight is 266 g/mol. The molecular weight excluding hydrogens is 240 g/mol. The van der Waals surface area contributed by atoms with Crippen LogP contribution >= 0.6 is 0 Å². The first-order chi connectivity index (χ1) is 9.75. The lowest BCUT2D eigenvalue weighted by molar-refractivity contribution is 0.673. The lowest BCUT2D eigenvalue weighted by Crippen LogP contribution is -2.02. The first-order valence-electron chi connectivity index (χ1n) is 8.58. The third-order valence-corrected chi connectivity index (χ3v) is 5.94. The predicted octanol–water partition coefficient (Wildman–Crippen LogP) is 6.17. The van der Waals surface area contributed by atoms with Crippen molar-refractivity contribution in [3.8, 4) is 0 Å². The largest absolute Gasteiger partial charge is 0.0654 e. The summed E-state index contributed by atoms with van der Waals surface area (Å²) >= 11 is 0. The van der Waals surface area contributed by atoms with Gasteiger partial charge in [0.2, 0.25) is 0 Å². The highest BCUT2D eigenvalue weighted by atomic mass is 14.4. The first-order valence-corrected chi connectivity index (χ1v) is 8.58. The molecule has 0 nitrogen and oxygen atoms in total. The van der Waals surface area contributed by atoms with Crippen molar-refractivity contribution in [3.05, 3.63) is 44.6 Å². The van der Waals surface area contributed by atoms with Crippen molar-refractivity contribution in [2.24, 2.45) is 0 Å². The Labute approximate surface area is 123 Å². The van der Waals surface area contributed by atoms with E-state index >= 15 is 0 Å². The molecule has 0 heteroatoms. The molecule has 106 valence electrons. The summed E-state index contributed by atoms with van der Waals surface area (Å²) in [5, 5.41) is 0. The zero-order valence-corrected chi connectivity index (χ0v) is 13.1. The molecule has 4 rings (SSSR count). The SMILES string of the molecule is CC1=C2CCCCC2=C(C2=C3CCCCC3=C(C)C2)C1. The smallest absolute Gasteiger partial charge is 0.00582 e. The molecule has 2 saturated carbocycles. The normalized spacial score (nSPS) is 26.7. The monoisotopic (exact) mass is 266 g/mol. The van der Waals surface area contributed by atoms with E-state index in [1.54, 1.807) is 44.6 Å². The summed E-state index contributed by atoms with van der Waals surface area (Å²) in [6.45, 7) is 4.77. The maximum atomic E-state index is 2.38. The molecule has 0 aromatic heterocycles. The van der Waals surface area contributed by atoms with Gasteiger partial charge in [0.15, 0.2) is 0 Å². The molecule has 0 N–H and O–H groups in total. The van der Waals surface area contributed by atoms with E-state index in [-0.39, 0.29) is 0 Å². The van der Waals surface area contributed by atoms with Gasteiger partial charge in [0, 0.05) is 0 Å². The molecule has 0 spiro atoms. The third kappa shape index (κ3) is 1.80. The first kappa shape index (κ1) is 12.7. The quantitative estimate of drug-likeness (QED) is 0.532. The molecule has 0 amide bonds. The van der Waals surface area contributed by atoms with Crippen LogP contribution in [0.3, 0.4) is 0 Å². The summed E-state index contributed by atoms with van der Waals surface area (Å²) in [6.07, 6.45) is 13.6. The van der Waals surface area contributed by atoms with Crippen molar-refractivity contribution in [1.82, 2.24) is 0 Å². The van der Waals surface area contributed by atoms with Crippen molar-refractivity contribution in [2.75, 3.05) is 0 Å². The van der Waals surface area contributed by atoms with E-state index in [1.807, 2.05) is 0 Å². The molecule has 0 radical (unpaired) electrons. The van der Waals surface area contributed by atoms with Crippen LogP contribution in [0.15, 0.2) is 44.6 Å². The summed E-state index contributed by atoms with van der Waals surface area (Å²) < 4.78 is 0. The Bertz CT molecular complexity index is 536. The predicted molar refractivity (Wildman–Crippen MR) is 85.6 cm³/mol. The van der Waals surface area contributed by atoms with Crippen LogP contribution in [-0.4, -0.2) is 0 Å². The van der Waals surface area contributed by atoms with Crippen molar-refractivity contribution >= 4 is 0 Å². The van der Waals surface area contributed by atoms with E-state index in [4.69, 9.17) is 0 Å². The molecule has 0 atom stereocenters. The summed E-state index contributed by atoms with van der Waals surface area (Å²) in [4.78, 5) is 0. The highest BCUT2D eigenvalue weighted by molar-refractivity contribution is 5.62. The highest BCUT2D eigenvalue weighted by Crippen LogP contribution is 2.50. The van der Waals surface area contributed by atoms with Crippen LogP contribution in [0, 0.1) is 0 Å². The van der Waals surface area contributed by atoms with Gasteiger partial charge in [-0.25, -0.2) is 0 Å².